The Balaban J connectivity index is 2.04. The number of halogens is 12. The SMILES string of the molecule is O=C1C=C(N(CC(F)(F)F)CC(F)(F)F)C=CC1=C1C(=O)C(=O)C(c2ccc(N(CC(F)(F)F)CC(F)(F)F)cc2O)=C1O. The molecule has 0 aliphatic heterocycles. The van der Waals surface area contributed by atoms with E-state index in [-0.39, 0.29) is 15.9 Å². The Hall–Kier alpha value is -4.45. The topological polar surface area (TPSA) is 98.2 Å². The summed E-state index contributed by atoms with van der Waals surface area (Å²) in [6.07, 6.45) is -19.1. The predicted octanol–water partition coefficient (Wildman–Crippen LogP) is 5.49. The molecule has 1 aromatic rings. The number of phenolic OH excluding ortho intramolecular Hbond substituents is 1. The van der Waals surface area contributed by atoms with Crippen molar-refractivity contribution in [3.63, 3.8) is 0 Å². The number of anilines is 1. The summed E-state index contributed by atoms with van der Waals surface area (Å²) < 4.78 is 154. The molecule has 0 saturated heterocycles. The summed E-state index contributed by atoms with van der Waals surface area (Å²) in [7, 11) is 0. The molecule has 2 aliphatic carbocycles. The highest BCUT2D eigenvalue weighted by Gasteiger charge is 2.43. The number of aliphatic hydroxyl groups excluding tert-OH is 1. The van der Waals surface area contributed by atoms with Gasteiger partial charge in [-0.15, -0.1) is 0 Å². The lowest BCUT2D eigenvalue weighted by Gasteiger charge is -2.28. The van der Waals surface area contributed by atoms with Gasteiger partial charge in [0.05, 0.1) is 11.1 Å². The van der Waals surface area contributed by atoms with Crippen molar-refractivity contribution in [1.82, 2.24) is 4.90 Å². The summed E-state index contributed by atoms with van der Waals surface area (Å²) in [5, 5.41) is 21.0. The maximum absolute atomic E-state index is 12.9. The van der Waals surface area contributed by atoms with Crippen LogP contribution in [-0.4, -0.2) is 83.3 Å². The molecule has 0 amide bonds. The molecule has 19 heteroatoms. The second-order valence-electron chi connectivity index (χ2n) is 9.31. The smallest absolute Gasteiger partial charge is 0.405 e. The summed E-state index contributed by atoms with van der Waals surface area (Å²) in [5.74, 6) is -7.12. The molecule has 1 aromatic carbocycles. The van der Waals surface area contributed by atoms with Crippen LogP contribution in [0, 0.1) is 0 Å². The van der Waals surface area contributed by atoms with Gasteiger partial charge in [-0.05, 0) is 24.3 Å². The number of hydrogen-bond acceptors (Lipinski definition) is 7. The Labute approximate surface area is 237 Å². The number of hydrogen-bond donors (Lipinski definition) is 2. The van der Waals surface area contributed by atoms with Crippen molar-refractivity contribution in [3.05, 3.63) is 64.6 Å². The average molecular weight is 652 g/mol. The van der Waals surface area contributed by atoms with Gasteiger partial charge in [-0.2, -0.15) is 52.7 Å². The van der Waals surface area contributed by atoms with Crippen LogP contribution in [-0.2, 0) is 14.4 Å². The number of carbonyl (C=O) groups excluding carboxylic acids is 3. The van der Waals surface area contributed by atoms with Gasteiger partial charge >= 0.3 is 24.7 Å². The average Bonchev–Trinajstić information content (AvgIpc) is 3.02. The second kappa shape index (κ2) is 11.6. The molecule has 2 aliphatic rings. The van der Waals surface area contributed by atoms with Crippen molar-refractivity contribution in [2.75, 3.05) is 31.1 Å². The van der Waals surface area contributed by atoms with Crippen LogP contribution in [0.2, 0.25) is 0 Å². The summed E-state index contributed by atoms with van der Waals surface area (Å²) in [4.78, 5) is 37.6. The van der Waals surface area contributed by atoms with Crippen LogP contribution >= 0.6 is 0 Å². The van der Waals surface area contributed by atoms with E-state index in [0.29, 0.717) is 30.4 Å². The number of aliphatic hydroxyl groups is 1. The molecule has 0 atom stereocenters. The predicted molar refractivity (Wildman–Crippen MR) is 125 cm³/mol. The number of Topliss-reactive ketones (excluding diaryl/α,β-unsaturated/α-hetero) is 2. The first-order chi connectivity index (χ1) is 19.9. The summed E-state index contributed by atoms with van der Waals surface area (Å²) in [6.45, 7) is -8.49. The van der Waals surface area contributed by atoms with Crippen LogP contribution in [0.1, 0.15) is 5.56 Å². The molecule has 0 unspecified atom stereocenters. The molecule has 0 bridgehead atoms. The first-order valence-electron chi connectivity index (χ1n) is 11.7. The Morgan fingerprint density at radius 1 is 0.614 bits per heavy atom. The van der Waals surface area contributed by atoms with E-state index in [1.165, 1.54) is 0 Å². The highest BCUT2D eigenvalue weighted by molar-refractivity contribution is 6.63. The maximum atomic E-state index is 12.9. The molecule has 0 saturated carbocycles. The van der Waals surface area contributed by atoms with Crippen LogP contribution in [0.4, 0.5) is 58.4 Å². The van der Waals surface area contributed by atoms with Crippen molar-refractivity contribution in [2.45, 2.75) is 24.7 Å². The number of rotatable bonds is 7. The lowest BCUT2D eigenvalue weighted by Crippen LogP contribution is -2.40. The highest BCUT2D eigenvalue weighted by Crippen LogP contribution is 2.40. The molecule has 7 nitrogen and oxygen atoms in total. The van der Waals surface area contributed by atoms with Gasteiger partial charge in [0.15, 0.2) is 5.78 Å². The van der Waals surface area contributed by atoms with Gasteiger partial charge < -0.3 is 20.0 Å². The zero-order valence-electron chi connectivity index (χ0n) is 21.3. The van der Waals surface area contributed by atoms with Crippen molar-refractivity contribution < 1.29 is 77.3 Å². The summed E-state index contributed by atoms with van der Waals surface area (Å²) in [6, 6.07) is 1.59. The van der Waals surface area contributed by atoms with E-state index in [9.17, 15) is 77.3 Å². The Morgan fingerprint density at radius 2 is 1.07 bits per heavy atom. The molecule has 3 rings (SSSR count). The fourth-order valence-electron chi connectivity index (χ4n) is 4.25. The first-order valence-corrected chi connectivity index (χ1v) is 11.7. The van der Waals surface area contributed by atoms with Gasteiger partial charge in [-0.25, -0.2) is 0 Å². The van der Waals surface area contributed by atoms with Gasteiger partial charge in [0.2, 0.25) is 11.6 Å². The third-order valence-corrected chi connectivity index (χ3v) is 5.83. The number of allylic oxidation sites excluding steroid dienone is 6. The maximum Gasteiger partial charge on any atom is 0.405 e. The van der Waals surface area contributed by atoms with Crippen molar-refractivity contribution in [1.29, 1.82) is 0 Å². The Bertz CT molecular complexity index is 1460. The number of nitrogens with zero attached hydrogens (tertiary/aromatic N) is 2. The fourth-order valence-corrected chi connectivity index (χ4v) is 4.25. The lowest BCUT2D eigenvalue weighted by molar-refractivity contribution is -0.173. The van der Waals surface area contributed by atoms with Gasteiger partial charge in [0.1, 0.15) is 37.7 Å². The molecule has 240 valence electrons. The second-order valence-corrected chi connectivity index (χ2v) is 9.31. The first kappa shape index (κ1) is 34.0. The number of ketones is 3. The van der Waals surface area contributed by atoms with E-state index in [0.717, 1.165) is 0 Å². The van der Waals surface area contributed by atoms with Crippen LogP contribution in [0.3, 0.4) is 0 Å². The highest BCUT2D eigenvalue weighted by atomic mass is 19.4. The number of phenols is 1. The van der Waals surface area contributed by atoms with Gasteiger partial charge in [0, 0.05) is 34.7 Å². The van der Waals surface area contributed by atoms with E-state index in [4.69, 9.17) is 0 Å². The minimum Gasteiger partial charge on any atom is -0.507 e. The molecule has 0 fully saturated rings. The minimum absolute atomic E-state index is 0.205. The monoisotopic (exact) mass is 652 g/mol. The van der Waals surface area contributed by atoms with E-state index in [1.807, 2.05) is 0 Å². The minimum atomic E-state index is -5.14. The van der Waals surface area contributed by atoms with E-state index < -0.39 is 113 Å². The molecule has 0 radical (unpaired) electrons. The van der Waals surface area contributed by atoms with Crippen LogP contribution < -0.4 is 4.90 Å². The standard InChI is InChI=1S/C25H16F12N2O5/c26-22(27,28)7-38(8-23(29,30)31)11-1-3-13(15(40)5-11)17-19(42)18(21(44)20(17)43)14-4-2-12(6-16(14)41)39(9-24(32,33)34)10-25(35,36)37/h1-6,40,42H,7-10H2. The van der Waals surface area contributed by atoms with Crippen LogP contribution in [0.15, 0.2) is 59.0 Å². The third kappa shape index (κ3) is 8.34. The molecular weight excluding hydrogens is 636 g/mol. The summed E-state index contributed by atoms with van der Waals surface area (Å²) >= 11 is 0. The largest absolute Gasteiger partial charge is 0.507 e. The van der Waals surface area contributed by atoms with Crippen molar-refractivity contribution >= 4 is 28.6 Å². The van der Waals surface area contributed by atoms with Gasteiger partial charge in [0.25, 0.3) is 0 Å². The quantitative estimate of drug-likeness (QED) is 0.229. The van der Waals surface area contributed by atoms with E-state index in [1.54, 1.807) is 0 Å². The van der Waals surface area contributed by atoms with Crippen molar-refractivity contribution in [3.8, 4) is 5.75 Å². The number of carbonyl (C=O) groups is 3. The van der Waals surface area contributed by atoms with E-state index >= 15 is 0 Å². The third-order valence-electron chi connectivity index (χ3n) is 5.83. The summed E-state index contributed by atoms with van der Waals surface area (Å²) in [5.41, 5.74) is -5.43. The Morgan fingerprint density at radius 3 is 1.50 bits per heavy atom. The zero-order chi connectivity index (χ0) is 33.6. The van der Waals surface area contributed by atoms with Crippen LogP contribution in [0.5, 0.6) is 5.75 Å². The van der Waals surface area contributed by atoms with E-state index in [2.05, 4.69) is 0 Å². The Kier molecular flexibility index (Phi) is 8.95. The molecule has 0 spiro atoms. The lowest BCUT2D eigenvalue weighted by atomic mass is 9.96. The number of aromatic hydroxyl groups is 1. The molecule has 0 heterocycles. The molecular formula is C25H16F12N2O5. The molecule has 2 N–H and O–H groups in total. The van der Waals surface area contributed by atoms with Gasteiger partial charge in [-0.1, -0.05) is 0 Å². The fraction of sp³-hybridized carbons (Fsp3) is 0.320. The zero-order valence-corrected chi connectivity index (χ0v) is 21.3. The van der Waals surface area contributed by atoms with Crippen LogP contribution in [0.25, 0.3) is 5.57 Å². The van der Waals surface area contributed by atoms with Gasteiger partial charge in [-0.3, -0.25) is 14.4 Å². The molecule has 44 heavy (non-hydrogen) atoms. The normalized spacial score (nSPS) is 18.4. The van der Waals surface area contributed by atoms with Crippen molar-refractivity contribution in [2.24, 2.45) is 0 Å². The molecule has 0 aromatic heterocycles. The number of benzene rings is 1. The number of alkyl halides is 12.